The average molecular weight is 406 g/mol. The zero-order valence-corrected chi connectivity index (χ0v) is 17.5. The highest BCUT2D eigenvalue weighted by Crippen LogP contribution is 2.24. The van der Waals surface area contributed by atoms with Crippen molar-refractivity contribution in [3.05, 3.63) is 54.9 Å². The lowest BCUT2D eigenvalue weighted by molar-refractivity contribution is -0.114. The molecule has 0 aliphatic rings. The Labute approximate surface area is 176 Å². The van der Waals surface area contributed by atoms with E-state index in [-0.39, 0.29) is 5.91 Å². The van der Waals surface area contributed by atoms with Gasteiger partial charge in [-0.25, -0.2) is 4.98 Å². The van der Waals surface area contributed by atoms with Crippen LogP contribution in [0.1, 0.15) is 13.3 Å². The maximum absolute atomic E-state index is 11.2. The molecule has 8 nitrogen and oxygen atoms in total. The van der Waals surface area contributed by atoms with Crippen LogP contribution in [0.3, 0.4) is 0 Å². The largest absolute Gasteiger partial charge is 0.354 e. The molecular formula is C22H27N7O. The van der Waals surface area contributed by atoms with Crippen molar-refractivity contribution < 1.29 is 4.79 Å². The van der Waals surface area contributed by atoms with Crippen molar-refractivity contribution >= 4 is 29.0 Å². The molecule has 0 saturated heterocycles. The lowest BCUT2D eigenvalue weighted by Gasteiger charge is -2.13. The van der Waals surface area contributed by atoms with Crippen LogP contribution in [0.25, 0.3) is 11.3 Å². The van der Waals surface area contributed by atoms with Gasteiger partial charge in [0.15, 0.2) is 0 Å². The number of pyridine rings is 1. The van der Waals surface area contributed by atoms with E-state index >= 15 is 0 Å². The van der Waals surface area contributed by atoms with Crippen LogP contribution in [0.4, 0.5) is 23.1 Å². The molecule has 0 fully saturated rings. The minimum absolute atomic E-state index is 0.0986. The smallest absolute Gasteiger partial charge is 0.225 e. The van der Waals surface area contributed by atoms with Gasteiger partial charge in [0.05, 0.1) is 5.69 Å². The van der Waals surface area contributed by atoms with E-state index in [2.05, 4.69) is 49.9 Å². The van der Waals surface area contributed by atoms with Crippen LogP contribution >= 0.6 is 0 Å². The fourth-order valence-corrected chi connectivity index (χ4v) is 2.84. The monoisotopic (exact) mass is 405 g/mol. The Morgan fingerprint density at radius 1 is 1.00 bits per heavy atom. The lowest BCUT2D eigenvalue weighted by Crippen LogP contribution is -2.17. The van der Waals surface area contributed by atoms with Crippen molar-refractivity contribution in [3.63, 3.8) is 0 Å². The number of anilines is 4. The van der Waals surface area contributed by atoms with Gasteiger partial charge in [0.25, 0.3) is 0 Å². The maximum Gasteiger partial charge on any atom is 0.225 e. The van der Waals surface area contributed by atoms with Gasteiger partial charge in [-0.05, 0) is 63.5 Å². The van der Waals surface area contributed by atoms with Gasteiger partial charge in [-0.1, -0.05) is 0 Å². The number of nitrogens with one attached hydrogen (secondary N) is 3. The molecule has 3 N–H and O–H groups in total. The fourth-order valence-electron chi connectivity index (χ4n) is 2.84. The predicted molar refractivity (Wildman–Crippen MR) is 121 cm³/mol. The number of benzene rings is 1. The van der Waals surface area contributed by atoms with Gasteiger partial charge < -0.3 is 20.9 Å². The zero-order chi connectivity index (χ0) is 21.3. The Morgan fingerprint density at radius 3 is 2.37 bits per heavy atom. The second-order valence-electron chi connectivity index (χ2n) is 7.17. The van der Waals surface area contributed by atoms with E-state index in [0.717, 1.165) is 42.1 Å². The summed E-state index contributed by atoms with van der Waals surface area (Å²) in [5, 5.41) is 9.39. The maximum atomic E-state index is 11.2. The molecule has 0 unspecified atom stereocenters. The predicted octanol–water partition coefficient (Wildman–Crippen LogP) is 3.60. The SMILES string of the molecule is CC(=O)Nc1ccc(Nc2cc(-c3ccncc3)nc(NCCCN(C)C)n2)cc1. The van der Waals surface area contributed by atoms with Gasteiger partial charge in [0.1, 0.15) is 5.82 Å². The summed E-state index contributed by atoms with van der Waals surface area (Å²) in [4.78, 5) is 26.7. The summed E-state index contributed by atoms with van der Waals surface area (Å²) in [5.74, 6) is 1.15. The van der Waals surface area contributed by atoms with E-state index in [4.69, 9.17) is 0 Å². The zero-order valence-electron chi connectivity index (χ0n) is 17.5. The average Bonchev–Trinajstić information content (AvgIpc) is 2.73. The van der Waals surface area contributed by atoms with Crippen molar-refractivity contribution in [2.75, 3.05) is 43.1 Å². The van der Waals surface area contributed by atoms with Gasteiger partial charge in [-0.3, -0.25) is 9.78 Å². The van der Waals surface area contributed by atoms with E-state index in [1.54, 1.807) is 12.4 Å². The number of carbonyl (C=O) groups is 1. The molecule has 2 heterocycles. The van der Waals surface area contributed by atoms with Crippen LogP contribution in [0, 0.1) is 0 Å². The molecule has 156 valence electrons. The van der Waals surface area contributed by atoms with Crippen LogP contribution in [-0.4, -0.2) is 52.9 Å². The number of amides is 1. The summed E-state index contributed by atoms with van der Waals surface area (Å²) in [6.07, 6.45) is 4.48. The lowest BCUT2D eigenvalue weighted by atomic mass is 10.2. The molecule has 3 rings (SSSR count). The first-order valence-electron chi connectivity index (χ1n) is 9.82. The van der Waals surface area contributed by atoms with Crippen LogP contribution in [0.15, 0.2) is 54.9 Å². The summed E-state index contributed by atoms with van der Waals surface area (Å²) < 4.78 is 0. The van der Waals surface area contributed by atoms with Crippen molar-refractivity contribution in [1.82, 2.24) is 19.9 Å². The van der Waals surface area contributed by atoms with Crippen LogP contribution in [0.2, 0.25) is 0 Å². The third kappa shape index (κ3) is 6.52. The highest BCUT2D eigenvalue weighted by Gasteiger charge is 2.08. The number of aromatic nitrogens is 3. The normalized spacial score (nSPS) is 10.7. The Hall–Kier alpha value is -3.52. The van der Waals surface area contributed by atoms with Crippen LogP contribution < -0.4 is 16.0 Å². The summed E-state index contributed by atoms with van der Waals surface area (Å²) in [5.41, 5.74) is 3.38. The minimum atomic E-state index is -0.0986. The van der Waals surface area contributed by atoms with E-state index in [1.165, 1.54) is 6.92 Å². The number of hydrogen-bond acceptors (Lipinski definition) is 7. The standard InChI is InChI=1S/C22H27N7O/c1-16(30)25-18-5-7-19(8-6-18)26-21-15-20(17-9-12-23-13-10-17)27-22(28-21)24-11-4-14-29(2)3/h5-10,12-13,15H,4,11,14H2,1-3H3,(H,25,30)(H2,24,26,27,28). The van der Waals surface area contributed by atoms with Crippen molar-refractivity contribution in [2.24, 2.45) is 0 Å². The highest BCUT2D eigenvalue weighted by atomic mass is 16.1. The van der Waals surface area contributed by atoms with Gasteiger partial charge in [0.2, 0.25) is 11.9 Å². The molecule has 8 heteroatoms. The Kier molecular flexibility index (Phi) is 7.29. The van der Waals surface area contributed by atoms with E-state index < -0.39 is 0 Å². The third-order valence-electron chi connectivity index (χ3n) is 4.25. The van der Waals surface area contributed by atoms with Gasteiger partial charge >= 0.3 is 0 Å². The molecule has 1 aromatic carbocycles. The first kappa shape index (κ1) is 21.2. The van der Waals surface area contributed by atoms with Crippen molar-refractivity contribution in [3.8, 4) is 11.3 Å². The summed E-state index contributed by atoms with van der Waals surface area (Å²) in [7, 11) is 4.11. The molecule has 0 radical (unpaired) electrons. The second-order valence-corrected chi connectivity index (χ2v) is 7.17. The first-order valence-corrected chi connectivity index (χ1v) is 9.82. The molecule has 0 atom stereocenters. The molecule has 0 spiro atoms. The number of nitrogens with zero attached hydrogens (tertiary/aromatic N) is 4. The quantitative estimate of drug-likeness (QED) is 0.468. The fraction of sp³-hybridized carbons (Fsp3) is 0.273. The molecule has 0 saturated carbocycles. The molecule has 2 aromatic heterocycles. The molecule has 3 aromatic rings. The number of hydrogen-bond donors (Lipinski definition) is 3. The van der Waals surface area contributed by atoms with E-state index in [0.29, 0.717) is 11.8 Å². The molecule has 1 amide bonds. The summed E-state index contributed by atoms with van der Waals surface area (Å²) >= 11 is 0. The molecule has 0 bridgehead atoms. The van der Waals surface area contributed by atoms with Crippen molar-refractivity contribution in [2.45, 2.75) is 13.3 Å². The summed E-state index contributed by atoms with van der Waals surface area (Å²) in [6, 6.07) is 13.2. The minimum Gasteiger partial charge on any atom is -0.354 e. The molecule has 0 aliphatic heterocycles. The first-order chi connectivity index (χ1) is 14.5. The number of carbonyl (C=O) groups excluding carboxylic acids is 1. The Balaban J connectivity index is 1.79. The molecule has 30 heavy (non-hydrogen) atoms. The Morgan fingerprint density at radius 2 is 1.70 bits per heavy atom. The van der Waals surface area contributed by atoms with Gasteiger partial charge in [-0.15, -0.1) is 0 Å². The van der Waals surface area contributed by atoms with Crippen molar-refractivity contribution in [1.29, 1.82) is 0 Å². The third-order valence-corrected chi connectivity index (χ3v) is 4.25. The molecular weight excluding hydrogens is 378 g/mol. The van der Waals surface area contributed by atoms with Gasteiger partial charge in [-0.2, -0.15) is 4.98 Å². The topological polar surface area (TPSA) is 95.1 Å². The number of rotatable bonds is 9. The summed E-state index contributed by atoms with van der Waals surface area (Å²) in [6.45, 7) is 3.26. The van der Waals surface area contributed by atoms with Gasteiger partial charge in [0, 0.05) is 48.9 Å². The van der Waals surface area contributed by atoms with E-state index in [9.17, 15) is 4.79 Å². The highest BCUT2D eigenvalue weighted by molar-refractivity contribution is 5.88. The van der Waals surface area contributed by atoms with Crippen LogP contribution in [-0.2, 0) is 4.79 Å². The molecule has 0 aliphatic carbocycles. The van der Waals surface area contributed by atoms with Crippen LogP contribution in [0.5, 0.6) is 0 Å². The van der Waals surface area contributed by atoms with E-state index in [1.807, 2.05) is 42.5 Å². The Bertz CT molecular complexity index is 959. The second kappa shape index (κ2) is 10.3.